The Bertz CT molecular complexity index is 1520. The number of amides is 1. The quantitative estimate of drug-likeness (QED) is 0.194. The number of allylic oxidation sites excluding steroid dienone is 1. The van der Waals surface area contributed by atoms with Crippen molar-refractivity contribution >= 4 is 34.1 Å². The van der Waals surface area contributed by atoms with E-state index in [9.17, 15) is 24.2 Å². The van der Waals surface area contributed by atoms with Crippen molar-refractivity contribution in [1.29, 1.82) is 5.41 Å². The first-order valence-corrected chi connectivity index (χ1v) is 13.9. The molecule has 212 valence electrons. The highest BCUT2D eigenvalue weighted by atomic mass is 32.5. The van der Waals surface area contributed by atoms with Crippen molar-refractivity contribution in [3.63, 3.8) is 0 Å². The van der Waals surface area contributed by atoms with Crippen LogP contribution in [-0.4, -0.2) is 70.1 Å². The monoisotopic (exact) mass is 579 g/mol. The number of carbonyl (C=O) groups is 1. The third-order valence-electron chi connectivity index (χ3n) is 6.02. The summed E-state index contributed by atoms with van der Waals surface area (Å²) in [6.45, 7) is 1.84. The highest BCUT2D eigenvalue weighted by molar-refractivity contribution is 8.45. The van der Waals surface area contributed by atoms with Crippen molar-refractivity contribution < 1.29 is 24.2 Å². The number of aromatic nitrogens is 3. The van der Waals surface area contributed by atoms with E-state index in [0.717, 1.165) is 12.3 Å². The lowest BCUT2D eigenvalue weighted by molar-refractivity contribution is 0.102. The largest absolute Gasteiger partial charge is 0.332 e. The lowest BCUT2D eigenvalue weighted by Gasteiger charge is -2.42. The van der Waals surface area contributed by atoms with Crippen molar-refractivity contribution in [2.24, 2.45) is 0 Å². The fourth-order valence-corrected chi connectivity index (χ4v) is 4.95. The van der Waals surface area contributed by atoms with Crippen molar-refractivity contribution in [2.45, 2.75) is 11.4 Å². The van der Waals surface area contributed by atoms with Crippen LogP contribution >= 0.6 is 10.2 Å². The molecule has 0 unspecified atom stereocenters. The van der Waals surface area contributed by atoms with Crippen LogP contribution in [0.4, 0.5) is 25.1 Å². The molecule has 1 aliphatic heterocycles. The summed E-state index contributed by atoms with van der Waals surface area (Å²) >= 11 is 0. The number of nitrogens with one attached hydrogen (secondary N) is 3. The number of aromatic amines is 1. The third kappa shape index (κ3) is 7.75. The summed E-state index contributed by atoms with van der Waals surface area (Å²) in [7, 11) is -8.19. The zero-order valence-corrected chi connectivity index (χ0v) is 22.1. The highest BCUT2D eigenvalue weighted by Gasteiger charge is 2.66. The summed E-state index contributed by atoms with van der Waals surface area (Å²) < 4.78 is 70.1. The Labute approximate surface area is 227 Å². The number of rotatable bonds is 7. The molecule has 14 heteroatoms. The van der Waals surface area contributed by atoms with E-state index in [4.69, 9.17) is 5.41 Å². The van der Waals surface area contributed by atoms with Gasteiger partial charge in [-0.05, 0) is 48.9 Å². The SMILES string of the molecule is CN1CCN(Cc2ccc(NC(=O)c3cncc(C#Cc4cnc(/C=C\C=N)[nH]4)c3)cc2S(F)(F)(F)(F)F)CC1. The average molecular weight is 580 g/mol. The van der Waals surface area contributed by atoms with Gasteiger partial charge in [0.05, 0.1) is 11.8 Å². The Morgan fingerprint density at radius 1 is 1.10 bits per heavy atom. The molecule has 0 bridgehead atoms. The van der Waals surface area contributed by atoms with Crippen LogP contribution in [0.3, 0.4) is 0 Å². The minimum atomic E-state index is -10.1. The first-order chi connectivity index (χ1) is 18.7. The number of likely N-dealkylation sites (N-methyl/N-ethyl adjacent to an activating group) is 1. The molecule has 1 amide bonds. The fraction of sp³-hybridized carbons (Fsp3) is 0.231. The van der Waals surface area contributed by atoms with Crippen molar-refractivity contribution in [3.8, 4) is 11.8 Å². The zero-order chi connectivity index (χ0) is 29.0. The van der Waals surface area contributed by atoms with E-state index in [-0.39, 0.29) is 12.1 Å². The van der Waals surface area contributed by atoms with E-state index in [1.165, 1.54) is 36.8 Å². The lowest BCUT2D eigenvalue weighted by atomic mass is 10.1. The summed E-state index contributed by atoms with van der Waals surface area (Å²) in [5, 5.41) is 9.25. The number of piperazine rings is 1. The number of carbonyl (C=O) groups excluding carboxylic acids is 1. The van der Waals surface area contributed by atoms with Crippen LogP contribution in [0.15, 0.2) is 53.8 Å². The van der Waals surface area contributed by atoms with E-state index < -0.39 is 32.3 Å². The molecule has 40 heavy (non-hydrogen) atoms. The summed E-state index contributed by atoms with van der Waals surface area (Å²) in [6.07, 6.45) is 8.19. The number of benzene rings is 1. The number of nitrogens with zero attached hydrogens (tertiary/aromatic N) is 4. The number of anilines is 1. The third-order valence-corrected chi connectivity index (χ3v) is 7.23. The van der Waals surface area contributed by atoms with E-state index in [1.807, 2.05) is 11.9 Å². The number of halogens is 5. The normalized spacial score (nSPS) is 16.6. The number of imidazole rings is 1. The van der Waals surface area contributed by atoms with E-state index in [2.05, 4.69) is 32.1 Å². The van der Waals surface area contributed by atoms with Gasteiger partial charge in [0.2, 0.25) is 0 Å². The summed E-state index contributed by atoms with van der Waals surface area (Å²) in [5.74, 6) is 5.25. The second-order valence-corrected chi connectivity index (χ2v) is 11.6. The van der Waals surface area contributed by atoms with Gasteiger partial charge in [-0.25, -0.2) is 4.98 Å². The molecule has 1 aromatic carbocycles. The molecule has 1 aliphatic rings. The Kier molecular flexibility index (Phi) is 7.59. The average Bonchev–Trinajstić information content (AvgIpc) is 3.35. The maximum atomic E-state index is 14.0. The van der Waals surface area contributed by atoms with Gasteiger partial charge >= 0.3 is 10.2 Å². The molecule has 0 spiro atoms. The lowest BCUT2D eigenvalue weighted by Crippen LogP contribution is -2.44. The fourth-order valence-electron chi connectivity index (χ4n) is 3.97. The number of H-pyrrole nitrogens is 1. The molecule has 0 radical (unpaired) electrons. The maximum Gasteiger partial charge on any atom is 0.310 e. The van der Waals surface area contributed by atoms with Gasteiger partial charge in [-0.1, -0.05) is 31.4 Å². The Balaban J connectivity index is 1.54. The molecule has 3 heterocycles. The second-order valence-electron chi connectivity index (χ2n) is 9.25. The van der Waals surface area contributed by atoms with Crippen LogP contribution in [0.2, 0.25) is 0 Å². The summed E-state index contributed by atoms with van der Waals surface area (Å²) in [5.41, 5.74) is -0.207. The summed E-state index contributed by atoms with van der Waals surface area (Å²) in [4.78, 5) is 25.4. The minimum Gasteiger partial charge on any atom is -0.332 e. The topological polar surface area (TPSA) is 101 Å². The van der Waals surface area contributed by atoms with E-state index in [1.54, 1.807) is 11.0 Å². The van der Waals surface area contributed by atoms with Crippen LogP contribution in [-0.2, 0) is 6.54 Å². The van der Waals surface area contributed by atoms with Gasteiger partial charge in [0, 0.05) is 62.6 Å². The van der Waals surface area contributed by atoms with Gasteiger partial charge < -0.3 is 20.6 Å². The minimum absolute atomic E-state index is 0.0265. The van der Waals surface area contributed by atoms with Crippen LogP contribution < -0.4 is 5.32 Å². The molecule has 1 fully saturated rings. The van der Waals surface area contributed by atoms with Crippen LogP contribution in [0, 0.1) is 17.3 Å². The predicted molar refractivity (Wildman–Crippen MR) is 145 cm³/mol. The number of hydrogen-bond acceptors (Lipinski definition) is 6. The molecular formula is C26H26F5N7OS. The molecule has 3 N–H and O–H groups in total. The first kappa shape index (κ1) is 28.9. The van der Waals surface area contributed by atoms with Crippen molar-refractivity contribution in [3.05, 3.63) is 77.1 Å². The van der Waals surface area contributed by atoms with Crippen molar-refractivity contribution in [1.82, 2.24) is 24.8 Å². The Morgan fingerprint density at radius 3 is 2.55 bits per heavy atom. The number of hydrogen-bond donors (Lipinski definition) is 3. The molecule has 8 nitrogen and oxygen atoms in total. The van der Waals surface area contributed by atoms with Crippen LogP contribution in [0.25, 0.3) is 6.08 Å². The van der Waals surface area contributed by atoms with Gasteiger partial charge in [0.25, 0.3) is 5.91 Å². The standard InChI is InChI=1S/C26H26F5N7OS/c1-37-9-11-38(12-10-37)18-20-5-7-22(14-24(20)40(27,28,29,30)31)36-26(39)21-13-19(15-33-16-21)4-6-23-17-34-25(35-23)3-2-8-32/h2-3,5,7-8,13-17,32H,9-12,18H2,1H3,(H,34,35)(H,36,39)/b3-2-,32-8?. The molecular weight excluding hydrogens is 553 g/mol. The molecule has 4 rings (SSSR count). The second kappa shape index (κ2) is 10.5. The van der Waals surface area contributed by atoms with Gasteiger partial charge in [-0.15, -0.1) is 0 Å². The van der Waals surface area contributed by atoms with Gasteiger partial charge in [0.15, 0.2) is 0 Å². The highest BCUT2D eigenvalue weighted by Crippen LogP contribution is 3.02. The molecule has 0 aliphatic carbocycles. The summed E-state index contributed by atoms with van der Waals surface area (Å²) in [6, 6.07) is 3.83. The Hall–Kier alpha value is -4.06. The number of pyridine rings is 1. The predicted octanol–water partition coefficient (Wildman–Crippen LogP) is 5.52. The van der Waals surface area contributed by atoms with Gasteiger partial charge in [0.1, 0.15) is 16.4 Å². The molecule has 3 aromatic rings. The zero-order valence-electron chi connectivity index (χ0n) is 21.3. The first-order valence-electron chi connectivity index (χ1n) is 12.0. The van der Waals surface area contributed by atoms with Crippen molar-refractivity contribution in [2.75, 3.05) is 38.5 Å². The molecule has 0 atom stereocenters. The van der Waals surface area contributed by atoms with Crippen LogP contribution in [0.5, 0.6) is 0 Å². The molecule has 1 saturated heterocycles. The van der Waals surface area contributed by atoms with Gasteiger partial charge in [-0.2, -0.15) is 0 Å². The van der Waals surface area contributed by atoms with E-state index in [0.29, 0.717) is 49.3 Å². The molecule has 0 saturated carbocycles. The van der Waals surface area contributed by atoms with Crippen LogP contribution in [0.1, 0.15) is 33.0 Å². The Morgan fingerprint density at radius 2 is 1.85 bits per heavy atom. The van der Waals surface area contributed by atoms with E-state index >= 15 is 0 Å². The van der Waals surface area contributed by atoms with Gasteiger partial charge in [-0.3, -0.25) is 14.7 Å². The smallest absolute Gasteiger partial charge is 0.310 e. The maximum absolute atomic E-state index is 14.0. The molecule has 2 aromatic heterocycles.